The van der Waals surface area contributed by atoms with Crippen LogP contribution in [0.2, 0.25) is 0 Å². The first-order chi connectivity index (χ1) is 8.92. The molecule has 1 aliphatic heterocycles. The summed E-state index contributed by atoms with van der Waals surface area (Å²) in [6.07, 6.45) is 4.57. The summed E-state index contributed by atoms with van der Waals surface area (Å²) >= 11 is 1.36. The summed E-state index contributed by atoms with van der Waals surface area (Å²) in [5, 5.41) is 10.5. The second-order valence-electron chi connectivity index (χ2n) is 5.25. The molecule has 0 bridgehead atoms. The first-order valence-corrected chi connectivity index (χ1v) is 7.10. The molecule has 1 N–H and O–H groups in total. The number of thiophene rings is 1. The highest BCUT2D eigenvalue weighted by atomic mass is 32.1. The van der Waals surface area contributed by atoms with Crippen LogP contribution in [0.25, 0.3) is 6.08 Å². The zero-order valence-corrected chi connectivity index (χ0v) is 11.9. The van der Waals surface area contributed by atoms with Gasteiger partial charge in [0.25, 0.3) is 5.91 Å². The van der Waals surface area contributed by atoms with Gasteiger partial charge in [-0.05, 0) is 49.8 Å². The number of carboxylic acid groups (broad SMARTS) is 1. The zero-order chi connectivity index (χ0) is 14.0. The van der Waals surface area contributed by atoms with Crippen LogP contribution >= 0.6 is 11.3 Å². The van der Waals surface area contributed by atoms with Crippen LogP contribution < -0.4 is 0 Å². The van der Waals surface area contributed by atoms with Gasteiger partial charge in [0.1, 0.15) is 0 Å². The van der Waals surface area contributed by atoms with Crippen LogP contribution in [0.1, 0.15) is 41.9 Å². The van der Waals surface area contributed by atoms with E-state index in [2.05, 4.69) is 13.8 Å². The highest BCUT2D eigenvalue weighted by molar-refractivity contribution is 7.12. The number of carbonyl (C=O) groups is 2. The number of nitrogens with zero attached hydrogens (tertiary/aromatic N) is 1. The minimum absolute atomic E-state index is 0.00235. The van der Waals surface area contributed by atoms with Crippen molar-refractivity contribution in [1.82, 2.24) is 4.90 Å². The molecule has 1 saturated heterocycles. The fourth-order valence-electron chi connectivity index (χ4n) is 2.39. The van der Waals surface area contributed by atoms with Gasteiger partial charge < -0.3 is 10.0 Å². The van der Waals surface area contributed by atoms with Crippen LogP contribution in [0.4, 0.5) is 0 Å². The number of rotatable bonds is 3. The van der Waals surface area contributed by atoms with Gasteiger partial charge in [-0.25, -0.2) is 4.79 Å². The van der Waals surface area contributed by atoms with Crippen molar-refractivity contribution < 1.29 is 14.7 Å². The molecule has 4 nitrogen and oxygen atoms in total. The average molecular weight is 279 g/mol. The third-order valence-corrected chi connectivity index (χ3v) is 4.36. The standard InChI is InChI=1S/C14H17NO3S/c1-14(2)7-3-8-15(14)13(18)12-10(6-9-19-12)4-5-11(16)17/h4-6,9H,3,7-8H2,1-2H3,(H,16,17). The van der Waals surface area contributed by atoms with Gasteiger partial charge in [0.05, 0.1) is 4.88 Å². The average Bonchev–Trinajstić information content (AvgIpc) is 2.91. The summed E-state index contributed by atoms with van der Waals surface area (Å²) in [6.45, 7) is 4.91. The molecule has 0 atom stereocenters. The number of carboxylic acids is 1. The number of hydrogen-bond acceptors (Lipinski definition) is 3. The Morgan fingerprint density at radius 2 is 2.21 bits per heavy atom. The van der Waals surface area contributed by atoms with E-state index in [9.17, 15) is 9.59 Å². The molecule has 2 rings (SSSR count). The Kier molecular flexibility index (Phi) is 3.75. The summed E-state index contributed by atoms with van der Waals surface area (Å²) in [5.74, 6) is -1.01. The molecule has 0 unspecified atom stereocenters. The molecule has 0 radical (unpaired) electrons. The predicted octanol–water partition coefficient (Wildman–Crippen LogP) is 2.86. The maximum Gasteiger partial charge on any atom is 0.328 e. The Morgan fingerprint density at radius 1 is 1.47 bits per heavy atom. The Labute approximate surface area is 116 Å². The normalized spacial score (nSPS) is 18.1. The summed E-state index contributed by atoms with van der Waals surface area (Å²) in [7, 11) is 0. The molecule has 0 aromatic carbocycles. The number of amides is 1. The molecule has 1 amide bonds. The van der Waals surface area contributed by atoms with E-state index >= 15 is 0 Å². The van der Waals surface area contributed by atoms with Crippen molar-refractivity contribution in [3.05, 3.63) is 28.0 Å². The van der Waals surface area contributed by atoms with E-state index in [-0.39, 0.29) is 11.4 Å². The third kappa shape index (κ3) is 2.87. The minimum atomic E-state index is -1.01. The molecule has 1 fully saturated rings. The fraction of sp³-hybridized carbons (Fsp3) is 0.429. The molecule has 5 heteroatoms. The second-order valence-corrected chi connectivity index (χ2v) is 6.17. The molecule has 2 heterocycles. The summed E-state index contributed by atoms with van der Waals surface area (Å²) in [5.41, 5.74) is 0.564. The minimum Gasteiger partial charge on any atom is -0.478 e. The second kappa shape index (κ2) is 5.17. The van der Waals surface area contributed by atoms with Crippen molar-refractivity contribution in [2.75, 3.05) is 6.54 Å². The van der Waals surface area contributed by atoms with Crippen molar-refractivity contribution in [2.24, 2.45) is 0 Å². The number of hydrogen-bond donors (Lipinski definition) is 1. The highest BCUT2D eigenvalue weighted by Crippen LogP contribution is 2.32. The smallest absolute Gasteiger partial charge is 0.328 e. The van der Waals surface area contributed by atoms with Gasteiger partial charge in [-0.2, -0.15) is 0 Å². The van der Waals surface area contributed by atoms with E-state index in [4.69, 9.17) is 5.11 Å². The Hall–Kier alpha value is -1.62. The topological polar surface area (TPSA) is 57.6 Å². The van der Waals surface area contributed by atoms with Crippen LogP contribution in [-0.2, 0) is 4.79 Å². The van der Waals surface area contributed by atoms with Crippen LogP contribution in [0.3, 0.4) is 0 Å². The molecular formula is C14H17NO3S. The highest BCUT2D eigenvalue weighted by Gasteiger charge is 2.36. The Bertz CT molecular complexity index is 531. The SMILES string of the molecule is CC1(C)CCCN1C(=O)c1sccc1C=CC(=O)O. The molecule has 0 spiro atoms. The molecule has 1 aromatic rings. The molecule has 1 aromatic heterocycles. The number of aliphatic carboxylic acids is 1. The fourth-order valence-corrected chi connectivity index (χ4v) is 3.23. The van der Waals surface area contributed by atoms with E-state index in [1.165, 1.54) is 17.4 Å². The lowest BCUT2D eigenvalue weighted by atomic mass is 10.0. The van der Waals surface area contributed by atoms with Crippen LogP contribution in [0.5, 0.6) is 0 Å². The first kappa shape index (κ1) is 13.8. The first-order valence-electron chi connectivity index (χ1n) is 6.22. The number of likely N-dealkylation sites (tertiary alicyclic amines) is 1. The maximum absolute atomic E-state index is 12.5. The van der Waals surface area contributed by atoms with Gasteiger partial charge in [0.2, 0.25) is 0 Å². The van der Waals surface area contributed by atoms with Crippen LogP contribution in [0.15, 0.2) is 17.5 Å². The van der Waals surface area contributed by atoms with Gasteiger partial charge in [-0.3, -0.25) is 4.79 Å². The molecule has 0 saturated carbocycles. The third-order valence-electron chi connectivity index (χ3n) is 3.44. The number of carbonyl (C=O) groups excluding carboxylic acids is 1. The van der Waals surface area contributed by atoms with E-state index in [0.29, 0.717) is 10.4 Å². The van der Waals surface area contributed by atoms with Crippen molar-refractivity contribution in [2.45, 2.75) is 32.2 Å². The van der Waals surface area contributed by atoms with Gasteiger partial charge in [0.15, 0.2) is 0 Å². The zero-order valence-electron chi connectivity index (χ0n) is 11.0. The van der Waals surface area contributed by atoms with Gasteiger partial charge in [0, 0.05) is 18.2 Å². The Morgan fingerprint density at radius 3 is 2.79 bits per heavy atom. The Balaban J connectivity index is 2.25. The predicted molar refractivity (Wildman–Crippen MR) is 75.3 cm³/mol. The van der Waals surface area contributed by atoms with Gasteiger partial charge in [-0.1, -0.05) is 0 Å². The van der Waals surface area contributed by atoms with Crippen molar-refractivity contribution in [1.29, 1.82) is 0 Å². The summed E-state index contributed by atoms with van der Waals surface area (Å²) in [6, 6.07) is 1.78. The van der Waals surface area contributed by atoms with E-state index in [0.717, 1.165) is 25.5 Å². The van der Waals surface area contributed by atoms with Crippen molar-refractivity contribution in [3.8, 4) is 0 Å². The van der Waals surface area contributed by atoms with Crippen LogP contribution in [0, 0.1) is 0 Å². The molecule has 19 heavy (non-hydrogen) atoms. The molecule has 102 valence electrons. The molecular weight excluding hydrogens is 262 g/mol. The largest absolute Gasteiger partial charge is 0.478 e. The monoisotopic (exact) mass is 279 g/mol. The lowest BCUT2D eigenvalue weighted by molar-refractivity contribution is -0.131. The summed E-state index contributed by atoms with van der Waals surface area (Å²) in [4.78, 5) is 25.6. The quantitative estimate of drug-likeness (QED) is 0.866. The van der Waals surface area contributed by atoms with Crippen LogP contribution in [-0.4, -0.2) is 34.0 Å². The maximum atomic E-state index is 12.5. The van der Waals surface area contributed by atoms with Gasteiger partial charge in [-0.15, -0.1) is 11.3 Å². The van der Waals surface area contributed by atoms with Crippen molar-refractivity contribution in [3.63, 3.8) is 0 Å². The molecule has 0 aliphatic carbocycles. The lowest BCUT2D eigenvalue weighted by Crippen LogP contribution is -2.42. The van der Waals surface area contributed by atoms with Crippen molar-refractivity contribution >= 4 is 29.3 Å². The molecule has 1 aliphatic rings. The van der Waals surface area contributed by atoms with Gasteiger partial charge >= 0.3 is 5.97 Å². The van der Waals surface area contributed by atoms with E-state index in [1.54, 1.807) is 6.07 Å². The summed E-state index contributed by atoms with van der Waals surface area (Å²) < 4.78 is 0. The van der Waals surface area contributed by atoms with E-state index < -0.39 is 5.97 Å². The lowest BCUT2D eigenvalue weighted by Gasteiger charge is -2.31. The van der Waals surface area contributed by atoms with E-state index in [1.807, 2.05) is 10.3 Å².